The number of halogens is 2. The first-order valence-electron chi connectivity index (χ1n) is 3.07. The molecule has 1 nitrogen and oxygen atoms in total. The lowest BCUT2D eigenvalue weighted by Gasteiger charge is -2.00. The van der Waals surface area contributed by atoms with Gasteiger partial charge in [-0.05, 0) is 11.6 Å². The summed E-state index contributed by atoms with van der Waals surface area (Å²) < 4.78 is 0.120. The van der Waals surface area contributed by atoms with Crippen molar-refractivity contribution in [1.82, 2.24) is 0 Å². The largest absolute Gasteiger partial charge is 0.298 e. The van der Waals surface area contributed by atoms with E-state index in [0.29, 0.717) is 5.56 Å². The van der Waals surface area contributed by atoms with Crippen LogP contribution in [0.3, 0.4) is 0 Å². The van der Waals surface area contributed by atoms with Gasteiger partial charge in [-0.2, -0.15) is 0 Å². The molecule has 0 bridgehead atoms. The fraction of sp³-hybridized carbons (Fsp3) is 0.125. The Kier molecular flexibility index (Phi) is 3.27. The van der Waals surface area contributed by atoms with Crippen LogP contribution in [0.2, 0.25) is 0 Å². The maximum Gasteiger partial charge on any atom is 0.150 e. The van der Waals surface area contributed by atoms with Gasteiger partial charge in [0.25, 0.3) is 0 Å². The molecule has 0 saturated heterocycles. The lowest BCUT2D eigenvalue weighted by atomic mass is 10.2. The van der Waals surface area contributed by atoms with Crippen LogP contribution in [-0.2, 0) is 0 Å². The second-order valence-electron chi connectivity index (χ2n) is 2.09. The van der Waals surface area contributed by atoms with Crippen LogP contribution in [0.1, 0.15) is 19.7 Å². The number of hydrogen-bond acceptors (Lipinski definition) is 1. The molecule has 1 rings (SSSR count). The zero-order valence-electron chi connectivity index (χ0n) is 5.63. The van der Waals surface area contributed by atoms with Gasteiger partial charge in [0.1, 0.15) is 6.29 Å². The summed E-state index contributed by atoms with van der Waals surface area (Å²) >= 11 is 6.69. The minimum Gasteiger partial charge on any atom is -0.298 e. The highest BCUT2D eigenvalue weighted by Gasteiger charge is 2.01. The van der Waals surface area contributed by atoms with E-state index < -0.39 is 0 Å². The van der Waals surface area contributed by atoms with Crippen LogP contribution in [0.15, 0.2) is 24.3 Å². The molecule has 11 heavy (non-hydrogen) atoms. The summed E-state index contributed by atoms with van der Waals surface area (Å²) in [4.78, 5) is 10.4. The molecule has 0 aliphatic heterocycles. The topological polar surface area (TPSA) is 17.1 Å². The maximum atomic E-state index is 10.4. The highest BCUT2D eigenvalue weighted by molar-refractivity contribution is 9.24. The minimum atomic E-state index is 0.120. The first-order chi connectivity index (χ1) is 5.24. The van der Waals surface area contributed by atoms with E-state index in [1.807, 2.05) is 18.2 Å². The van der Waals surface area contributed by atoms with Gasteiger partial charge in [-0.25, -0.2) is 0 Å². The van der Waals surface area contributed by atoms with Crippen LogP contribution < -0.4 is 0 Å². The average Bonchev–Trinajstić information content (AvgIpc) is 2.05. The zero-order valence-corrected chi connectivity index (χ0v) is 8.80. The summed E-state index contributed by atoms with van der Waals surface area (Å²) in [5, 5.41) is 0. The van der Waals surface area contributed by atoms with Crippen molar-refractivity contribution in [2.75, 3.05) is 0 Å². The minimum absolute atomic E-state index is 0.120. The highest BCUT2D eigenvalue weighted by atomic mass is 79.9. The Balaban J connectivity index is 3.00. The molecule has 0 heterocycles. The van der Waals surface area contributed by atoms with Gasteiger partial charge in [0.2, 0.25) is 0 Å². The van der Waals surface area contributed by atoms with Gasteiger partial charge in [-0.15, -0.1) is 0 Å². The third-order valence-corrected chi connectivity index (χ3v) is 2.36. The summed E-state index contributed by atoms with van der Waals surface area (Å²) in [7, 11) is 0. The van der Waals surface area contributed by atoms with Gasteiger partial charge >= 0.3 is 0 Å². The van der Waals surface area contributed by atoms with Gasteiger partial charge in [0.15, 0.2) is 0 Å². The number of carbonyl (C=O) groups is 1. The van der Waals surface area contributed by atoms with Crippen molar-refractivity contribution >= 4 is 38.1 Å². The van der Waals surface area contributed by atoms with Gasteiger partial charge in [-0.1, -0.05) is 50.1 Å². The Morgan fingerprint density at radius 2 is 2.09 bits per heavy atom. The molecule has 0 fully saturated rings. The number of hydrogen-bond donors (Lipinski definition) is 0. The molecular weight excluding hydrogens is 272 g/mol. The Morgan fingerprint density at radius 3 is 2.64 bits per heavy atom. The van der Waals surface area contributed by atoms with E-state index >= 15 is 0 Å². The highest BCUT2D eigenvalue weighted by Crippen LogP contribution is 2.28. The van der Waals surface area contributed by atoms with E-state index in [4.69, 9.17) is 0 Å². The molecule has 0 saturated carbocycles. The first kappa shape index (κ1) is 8.94. The van der Waals surface area contributed by atoms with E-state index in [1.165, 1.54) is 0 Å². The molecule has 1 aromatic rings. The Labute approximate surface area is 82.1 Å². The molecule has 0 radical (unpaired) electrons. The van der Waals surface area contributed by atoms with Crippen LogP contribution in [0.4, 0.5) is 0 Å². The number of alkyl halides is 2. The Morgan fingerprint density at radius 1 is 1.36 bits per heavy atom. The molecule has 0 aliphatic carbocycles. The molecule has 0 aliphatic rings. The molecule has 0 N–H and O–H groups in total. The summed E-state index contributed by atoms with van der Waals surface area (Å²) in [6, 6.07) is 7.41. The van der Waals surface area contributed by atoms with Gasteiger partial charge in [0, 0.05) is 5.56 Å². The lowest BCUT2D eigenvalue weighted by molar-refractivity contribution is 0.112. The predicted molar refractivity (Wildman–Crippen MR) is 52.4 cm³/mol. The molecule has 0 unspecified atom stereocenters. The zero-order chi connectivity index (χ0) is 8.27. The first-order valence-corrected chi connectivity index (χ1v) is 4.90. The summed E-state index contributed by atoms with van der Waals surface area (Å²) in [6.45, 7) is 0. The van der Waals surface area contributed by atoms with Crippen molar-refractivity contribution in [2.24, 2.45) is 0 Å². The van der Waals surface area contributed by atoms with Crippen molar-refractivity contribution in [2.45, 2.75) is 3.74 Å². The van der Waals surface area contributed by atoms with E-state index in [2.05, 4.69) is 31.9 Å². The standard InChI is InChI=1S/C8H6Br2O/c9-8(10)7-3-1-2-6(4-7)5-11/h1-5,8H. The smallest absolute Gasteiger partial charge is 0.150 e. The number of benzene rings is 1. The molecule has 0 amide bonds. The Bertz CT molecular complexity index is 258. The third kappa shape index (κ3) is 2.42. The van der Waals surface area contributed by atoms with Crippen molar-refractivity contribution in [1.29, 1.82) is 0 Å². The van der Waals surface area contributed by atoms with Crippen molar-refractivity contribution in [3.63, 3.8) is 0 Å². The molecule has 58 valence electrons. The van der Waals surface area contributed by atoms with E-state index in [9.17, 15) is 4.79 Å². The molecule has 0 spiro atoms. The summed E-state index contributed by atoms with van der Waals surface area (Å²) in [5.74, 6) is 0. The monoisotopic (exact) mass is 276 g/mol. The van der Waals surface area contributed by atoms with Gasteiger partial charge < -0.3 is 0 Å². The Hall–Kier alpha value is -0.150. The van der Waals surface area contributed by atoms with Crippen LogP contribution >= 0.6 is 31.9 Å². The fourth-order valence-corrected chi connectivity index (χ4v) is 1.34. The summed E-state index contributed by atoms with van der Waals surface area (Å²) in [5.41, 5.74) is 1.75. The number of rotatable bonds is 2. The van der Waals surface area contributed by atoms with Crippen molar-refractivity contribution in [3.05, 3.63) is 35.4 Å². The SMILES string of the molecule is O=Cc1cccc(C(Br)Br)c1. The van der Waals surface area contributed by atoms with Crippen LogP contribution in [0, 0.1) is 0 Å². The molecule has 3 heteroatoms. The molecule has 0 aromatic heterocycles. The predicted octanol–water partition coefficient (Wildman–Crippen LogP) is 3.29. The van der Waals surface area contributed by atoms with Gasteiger partial charge in [-0.3, -0.25) is 4.79 Å². The van der Waals surface area contributed by atoms with Crippen molar-refractivity contribution in [3.8, 4) is 0 Å². The molecule has 1 aromatic carbocycles. The fourth-order valence-electron chi connectivity index (χ4n) is 0.768. The maximum absolute atomic E-state index is 10.4. The second kappa shape index (κ2) is 4.02. The van der Waals surface area contributed by atoms with E-state index in [1.54, 1.807) is 6.07 Å². The lowest BCUT2D eigenvalue weighted by Crippen LogP contribution is -1.83. The van der Waals surface area contributed by atoms with Crippen LogP contribution in [0.25, 0.3) is 0 Å². The van der Waals surface area contributed by atoms with Crippen molar-refractivity contribution < 1.29 is 4.79 Å². The summed E-state index contributed by atoms with van der Waals surface area (Å²) in [6.07, 6.45) is 0.839. The number of carbonyl (C=O) groups excluding carboxylic acids is 1. The average molecular weight is 278 g/mol. The molecular formula is C8H6Br2O. The van der Waals surface area contributed by atoms with Crippen LogP contribution in [-0.4, -0.2) is 6.29 Å². The third-order valence-electron chi connectivity index (χ3n) is 1.30. The van der Waals surface area contributed by atoms with E-state index in [0.717, 1.165) is 11.8 Å². The van der Waals surface area contributed by atoms with E-state index in [-0.39, 0.29) is 3.74 Å². The second-order valence-corrected chi connectivity index (χ2v) is 5.15. The number of aldehydes is 1. The molecule has 0 atom stereocenters. The van der Waals surface area contributed by atoms with Crippen LogP contribution in [0.5, 0.6) is 0 Å². The quantitative estimate of drug-likeness (QED) is 0.599. The normalized spacial score (nSPS) is 10.1. The van der Waals surface area contributed by atoms with Gasteiger partial charge in [0.05, 0.1) is 3.74 Å².